The van der Waals surface area contributed by atoms with Gasteiger partial charge in [0.1, 0.15) is 5.82 Å². The number of nitrogens with zero attached hydrogens (tertiary/aromatic N) is 1. The van der Waals surface area contributed by atoms with Gasteiger partial charge in [-0.1, -0.05) is 29.3 Å². The maximum atomic E-state index is 13.7. The van der Waals surface area contributed by atoms with Crippen LogP contribution in [0.1, 0.15) is 5.56 Å². The van der Waals surface area contributed by atoms with E-state index in [0.717, 1.165) is 0 Å². The van der Waals surface area contributed by atoms with E-state index in [4.69, 9.17) is 28.5 Å². The van der Waals surface area contributed by atoms with Crippen LogP contribution in [0, 0.1) is 17.1 Å². The summed E-state index contributed by atoms with van der Waals surface area (Å²) in [6.45, 7) is 0. The maximum Gasteiger partial charge on any atom is 0.132 e. The molecule has 17 heavy (non-hydrogen) atoms. The quantitative estimate of drug-likeness (QED) is 0.735. The van der Waals surface area contributed by atoms with Crippen LogP contribution in [-0.2, 0) is 0 Å². The van der Waals surface area contributed by atoms with Gasteiger partial charge in [0.15, 0.2) is 0 Å². The van der Waals surface area contributed by atoms with Gasteiger partial charge in [0.25, 0.3) is 0 Å². The maximum absolute atomic E-state index is 13.7. The average Bonchev–Trinajstić information content (AvgIpc) is 2.27. The molecule has 2 rings (SSSR count). The Morgan fingerprint density at radius 1 is 1.06 bits per heavy atom. The molecule has 0 saturated carbocycles. The highest BCUT2D eigenvalue weighted by Crippen LogP contribution is 2.31. The van der Waals surface area contributed by atoms with Gasteiger partial charge in [-0.2, -0.15) is 5.26 Å². The Hall–Kier alpha value is -1.56. The van der Waals surface area contributed by atoms with Crippen molar-refractivity contribution in [1.29, 1.82) is 5.26 Å². The zero-order valence-electron chi connectivity index (χ0n) is 8.55. The van der Waals surface area contributed by atoms with Crippen LogP contribution >= 0.6 is 23.2 Å². The Morgan fingerprint density at radius 3 is 2.29 bits per heavy atom. The molecule has 0 aliphatic rings. The van der Waals surface area contributed by atoms with Crippen LogP contribution in [0.4, 0.5) is 4.39 Å². The largest absolute Gasteiger partial charge is 0.206 e. The lowest BCUT2D eigenvalue weighted by Gasteiger charge is -2.07. The summed E-state index contributed by atoms with van der Waals surface area (Å²) in [5.74, 6) is -0.470. The third-order valence-corrected chi connectivity index (χ3v) is 2.72. The molecule has 0 aromatic heterocycles. The average molecular weight is 266 g/mol. The summed E-state index contributed by atoms with van der Waals surface area (Å²) in [7, 11) is 0. The molecule has 0 heterocycles. The zero-order chi connectivity index (χ0) is 12.4. The molecule has 0 unspecified atom stereocenters. The van der Waals surface area contributed by atoms with Crippen molar-refractivity contribution >= 4 is 23.2 Å². The molecule has 2 aromatic rings. The number of halogens is 3. The molecule has 0 aliphatic carbocycles. The lowest BCUT2D eigenvalue weighted by Crippen LogP contribution is -1.89. The molecule has 0 radical (unpaired) electrons. The Kier molecular flexibility index (Phi) is 3.33. The lowest BCUT2D eigenvalue weighted by molar-refractivity contribution is 0.631. The van der Waals surface area contributed by atoms with Gasteiger partial charge in [0, 0.05) is 15.6 Å². The third kappa shape index (κ3) is 2.41. The molecule has 2 aromatic carbocycles. The monoisotopic (exact) mass is 265 g/mol. The molecular weight excluding hydrogens is 260 g/mol. The van der Waals surface area contributed by atoms with Crippen molar-refractivity contribution in [2.45, 2.75) is 0 Å². The first-order chi connectivity index (χ1) is 8.11. The molecule has 0 N–H and O–H groups in total. The van der Waals surface area contributed by atoms with Crippen LogP contribution < -0.4 is 0 Å². The van der Waals surface area contributed by atoms with E-state index in [1.807, 2.05) is 6.07 Å². The normalized spacial score (nSPS) is 10.0. The standard InChI is InChI=1S/C13H6Cl2FN/c14-10-4-9(5-11(15)6-10)13-8(7-17)2-1-3-12(13)16/h1-6H. The summed E-state index contributed by atoms with van der Waals surface area (Å²) >= 11 is 11.7. The van der Waals surface area contributed by atoms with Crippen molar-refractivity contribution in [3.8, 4) is 17.2 Å². The highest BCUT2D eigenvalue weighted by Gasteiger charge is 2.11. The first-order valence-corrected chi connectivity index (χ1v) is 5.52. The molecule has 0 amide bonds. The molecular formula is C13H6Cl2FN. The summed E-state index contributed by atoms with van der Waals surface area (Å²) in [5, 5.41) is 9.77. The molecule has 4 heteroatoms. The van der Waals surface area contributed by atoms with E-state index in [0.29, 0.717) is 15.6 Å². The van der Waals surface area contributed by atoms with Crippen molar-refractivity contribution in [3.63, 3.8) is 0 Å². The number of benzene rings is 2. The topological polar surface area (TPSA) is 23.8 Å². The van der Waals surface area contributed by atoms with Crippen molar-refractivity contribution in [2.24, 2.45) is 0 Å². The van der Waals surface area contributed by atoms with E-state index in [-0.39, 0.29) is 11.1 Å². The summed E-state index contributed by atoms with van der Waals surface area (Å²) < 4.78 is 13.7. The third-order valence-electron chi connectivity index (χ3n) is 2.29. The van der Waals surface area contributed by atoms with E-state index in [2.05, 4.69) is 0 Å². The number of nitriles is 1. The Bertz CT molecular complexity index is 597. The van der Waals surface area contributed by atoms with Crippen LogP contribution in [0.2, 0.25) is 10.0 Å². The SMILES string of the molecule is N#Cc1cccc(F)c1-c1cc(Cl)cc(Cl)c1. The van der Waals surface area contributed by atoms with Crippen molar-refractivity contribution in [3.05, 3.63) is 57.8 Å². The van der Waals surface area contributed by atoms with Crippen LogP contribution in [0.5, 0.6) is 0 Å². The minimum atomic E-state index is -0.470. The molecule has 0 aliphatic heterocycles. The first kappa shape index (κ1) is 11.9. The summed E-state index contributed by atoms with van der Waals surface area (Å²) in [4.78, 5) is 0. The van der Waals surface area contributed by atoms with Crippen molar-refractivity contribution in [2.75, 3.05) is 0 Å². The van der Waals surface area contributed by atoms with E-state index in [9.17, 15) is 4.39 Å². The van der Waals surface area contributed by atoms with Crippen LogP contribution in [0.15, 0.2) is 36.4 Å². The predicted molar refractivity (Wildman–Crippen MR) is 66.6 cm³/mol. The molecule has 0 bridgehead atoms. The fourth-order valence-electron chi connectivity index (χ4n) is 1.61. The number of hydrogen-bond acceptors (Lipinski definition) is 1. The molecule has 0 saturated heterocycles. The fraction of sp³-hybridized carbons (Fsp3) is 0. The minimum Gasteiger partial charge on any atom is -0.206 e. The Labute approximate surface area is 108 Å². The molecule has 0 fully saturated rings. The van der Waals surface area contributed by atoms with Gasteiger partial charge in [-0.15, -0.1) is 0 Å². The number of rotatable bonds is 1. The van der Waals surface area contributed by atoms with Gasteiger partial charge in [0.2, 0.25) is 0 Å². The Balaban J connectivity index is 2.72. The number of hydrogen-bond donors (Lipinski definition) is 0. The van der Waals surface area contributed by atoms with Crippen molar-refractivity contribution in [1.82, 2.24) is 0 Å². The zero-order valence-corrected chi connectivity index (χ0v) is 10.1. The molecule has 0 atom stereocenters. The second-order valence-electron chi connectivity index (χ2n) is 3.43. The highest BCUT2D eigenvalue weighted by atomic mass is 35.5. The van der Waals surface area contributed by atoms with E-state index in [1.54, 1.807) is 24.3 Å². The van der Waals surface area contributed by atoms with Gasteiger partial charge in [0.05, 0.1) is 11.6 Å². The smallest absolute Gasteiger partial charge is 0.132 e. The van der Waals surface area contributed by atoms with Crippen LogP contribution in [0.3, 0.4) is 0 Å². The Morgan fingerprint density at radius 2 is 1.71 bits per heavy atom. The predicted octanol–water partition coefficient (Wildman–Crippen LogP) is 4.67. The molecule has 84 valence electrons. The van der Waals surface area contributed by atoms with E-state index >= 15 is 0 Å². The van der Waals surface area contributed by atoms with Gasteiger partial charge in [-0.25, -0.2) is 4.39 Å². The fourth-order valence-corrected chi connectivity index (χ4v) is 2.13. The van der Waals surface area contributed by atoms with Crippen LogP contribution in [0.25, 0.3) is 11.1 Å². The summed E-state index contributed by atoms with van der Waals surface area (Å²) in [5.41, 5.74) is 0.972. The molecule has 0 spiro atoms. The molecule has 1 nitrogen and oxygen atoms in total. The van der Waals surface area contributed by atoms with Crippen molar-refractivity contribution < 1.29 is 4.39 Å². The second kappa shape index (κ2) is 4.75. The van der Waals surface area contributed by atoms with E-state index < -0.39 is 5.82 Å². The van der Waals surface area contributed by atoms with Crippen LogP contribution in [-0.4, -0.2) is 0 Å². The lowest BCUT2D eigenvalue weighted by atomic mass is 10.00. The highest BCUT2D eigenvalue weighted by molar-refractivity contribution is 6.35. The van der Waals surface area contributed by atoms with Gasteiger partial charge in [-0.05, 0) is 35.9 Å². The van der Waals surface area contributed by atoms with Gasteiger partial charge < -0.3 is 0 Å². The van der Waals surface area contributed by atoms with Gasteiger partial charge >= 0.3 is 0 Å². The van der Waals surface area contributed by atoms with E-state index in [1.165, 1.54) is 12.1 Å². The van der Waals surface area contributed by atoms with Gasteiger partial charge in [-0.3, -0.25) is 0 Å². The summed E-state index contributed by atoms with van der Waals surface area (Å²) in [6.07, 6.45) is 0. The minimum absolute atomic E-state index is 0.222. The second-order valence-corrected chi connectivity index (χ2v) is 4.31. The summed E-state index contributed by atoms with van der Waals surface area (Å²) in [6, 6.07) is 11.0. The first-order valence-electron chi connectivity index (χ1n) is 4.77.